The summed E-state index contributed by atoms with van der Waals surface area (Å²) in [7, 11) is 0. The van der Waals surface area contributed by atoms with Crippen LogP contribution in [0.3, 0.4) is 0 Å². The quantitative estimate of drug-likeness (QED) is 0.889. The SMILES string of the molecule is CCCNC(=O)Cn1c(-n2nc(C)cc2C)nc2c(c1=O)CCC2. The maximum Gasteiger partial charge on any atom is 0.258 e. The van der Waals surface area contributed by atoms with Gasteiger partial charge in [0.15, 0.2) is 0 Å². The van der Waals surface area contributed by atoms with Crippen LogP contribution in [0.5, 0.6) is 0 Å². The van der Waals surface area contributed by atoms with Gasteiger partial charge in [-0.3, -0.25) is 14.2 Å². The highest BCUT2D eigenvalue weighted by Gasteiger charge is 2.23. The van der Waals surface area contributed by atoms with Crippen LogP contribution in [0.15, 0.2) is 10.9 Å². The molecule has 128 valence electrons. The minimum atomic E-state index is -0.179. The zero-order chi connectivity index (χ0) is 17.3. The summed E-state index contributed by atoms with van der Waals surface area (Å²) in [5.41, 5.74) is 3.20. The third kappa shape index (κ3) is 2.98. The number of nitrogens with one attached hydrogen (secondary N) is 1. The van der Waals surface area contributed by atoms with Crippen molar-refractivity contribution in [2.24, 2.45) is 0 Å². The molecule has 0 spiro atoms. The molecule has 1 amide bonds. The first-order chi connectivity index (χ1) is 11.5. The highest BCUT2D eigenvalue weighted by molar-refractivity contribution is 5.75. The molecule has 2 aromatic rings. The minimum Gasteiger partial charge on any atom is -0.355 e. The molecule has 0 unspecified atom stereocenters. The number of carbonyl (C=O) groups excluding carboxylic acids is 1. The van der Waals surface area contributed by atoms with E-state index in [0.29, 0.717) is 12.5 Å². The first-order valence-corrected chi connectivity index (χ1v) is 8.44. The molecular weight excluding hydrogens is 306 g/mol. The topological polar surface area (TPSA) is 81.8 Å². The zero-order valence-corrected chi connectivity index (χ0v) is 14.4. The van der Waals surface area contributed by atoms with Crippen molar-refractivity contribution in [1.29, 1.82) is 0 Å². The monoisotopic (exact) mass is 329 g/mol. The Balaban J connectivity index is 2.10. The number of amides is 1. The van der Waals surface area contributed by atoms with E-state index < -0.39 is 0 Å². The van der Waals surface area contributed by atoms with E-state index in [1.165, 1.54) is 4.57 Å². The van der Waals surface area contributed by atoms with E-state index in [1.54, 1.807) is 4.68 Å². The number of aryl methyl sites for hydroxylation is 3. The summed E-state index contributed by atoms with van der Waals surface area (Å²) < 4.78 is 3.11. The summed E-state index contributed by atoms with van der Waals surface area (Å²) in [5, 5.41) is 7.26. The molecule has 7 nitrogen and oxygen atoms in total. The Morgan fingerprint density at radius 3 is 2.79 bits per heavy atom. The van der Waals surface area contributed by atoms with E-state index in [4.69, 9.17) is 0 Å². The van der Waals surface area contributed by atoms with Crippen molar-refractivity contribution in [2.75, 3.05) is 6.54 Å². The van der Waals surface area contributed by atoms with Gasteiger partial charge in [-0.15, -0.1) is 0 Å². The molecule has 0 atom stereocenters. The average molecular weight is 329 g/mol. The molecule has 7 heteroatoms. The number of hydrogen-bond acceptors (Lipinski definition) is 4. The van der Waals surface area contributed by atoms with Gasteiger partial charge in [0, 0.05) is 17.8 Å². The second kappa shape index (κ2) is 6.59. The third-order valence-corrected chi connectivity index (χ3v) is 4.24. The molecule has 0 aromatic carbocycles. The lowest BCUT2D eigenvalue weighted by atomic mass is 10.2. The average Bonchev–Trinajstić information content (AvgIpc) is 3.14. The molecule has 1 aliphatic rings. The largest absolute Gasteiger partial charge is 0.355 e. The van der Waals surface area contributed by atoms with Crippen LogP contribution in [0, 0.1) is 13.8 Å². The maximum absolute atomic E-state index is 12.9. The lowest BCUT2D eigenvalue weighted by Gasteiger charge is -2.15. The van der Waals surface area contributed by atoms with Crippen LogP contribution in [0.2, 0.25) is 0 Å². The lowest BCUT2D eigenvalue weighted by molar-refractivity contribution is -0.121. The Morgan fingerprint density at radius 1 is 1.33 bits per heavy atom. The van der Waals surface area contributed by atoms with Gasteiger partial charge in [-0.2, -0.15) is 5.10 Å². The van der Waals surface area contributed by atoms with E-state index >= 15 is 0 Å². The highest BCUT2D eigenvalue weighted by Crippen LogP contribution is 2.19. The molecule has 0 radical (unpaired) electrons. The Morgan fingerprint density at radius 2 is 2.12 bits per heavy atom. The standard InChI is InChI=1S/C17H23N5O2/c1-4-8-18-15(23)10-21-16(24)13-6-5-7-14(13)19-17(21)22-12(3)9-11(2)20-22/h9H,4-8,10H2,1-3H3,(H,18,23). The number of fused-ring (bicyclic) bond motifs is 1. The molecule has 0 bridgehead atoms. The van der Waals surface area contributed by atoms with Crippen LogP contribution in [0.4, 0.5) is 0 Å². The minimum absolute atomic E-state index is 0.0349. The number of nitrogens with zero attached hydrogens (tertiary/aromatic N) is 4. The maximum atomic E-state index is 12.9. The number of hydrogen-bond donors (Lipinski definition) is 1. The van der Waals surface area contributed by atoms with Crippen molar-refractivity contribution in [2.45, 2.75) is 53.0 Å². The Kier molecular flexibility index (Phi) is 4.51. The van der Waals surface area contributed by atoms with Crippen LogP contribution in [-0.2, 0) is 24.2 Å². The van der Waals surface area contributed by atoms with Gasteiger partial charge < -0.3 is 5.32 Å². The summed E-state index contributed by atoms with van der Waals surface area (Å²) in [6.07, 6.45) is 3.32. The third-order valence-electron chi connectivity index (χ3n) is 4.24. The first-order valence-electron chi connectivity index (χ1n) is 8.44. The van der Waals surface area contributed by atoms with E-state index in [1.807, 2.05) is 26.8 Å². The van der Waals surface area contributed by atoms with Crippen molar-refractivity contribution < 1.29 is 4.79 Å². The second-order valence-corrected chi connectivity index (χ2v) is 6.27. The first kappa shape index (κ1) is 16.4. The molecule has 2 heterocycles. The summed E-state index contributed by atoms with van der Waals surface area (Å²) >= 11 is 0. The Labute approximate surface area is 140 Å². The molecular formula is C17H23N5O2. The smallest absolute Gasteiger partial charge is 0.258 e. The van der Waals surface area contributed by atoms with Crippen LogP contribution in [-0.4, -0.2) is 31.8 Å². The molecule has 0 aliphatic heterocycles. The van der Waals surface area contributed by atoms with E-state index in [0.717, 1.165) is 48.3 Å². The highest BCUT2D eigenvalue weighted by atomic mass is 16.2. The van der Waals surface area contributed by atoms with Gasteiger partial charge in [-0.1, -0.05) is 6.92 Å². The summed E-state index contributed by atoms with van der Waals surface area (Å²) in [4.78, 5) is 29.7. The molecule has 1 aliphatic carbocycles. The van der Waals surface area contributed by atoms with Crippen LogP contribution in [0.1, 0.15) is 42.4 Å². The lowest BCUT2D eigenvalue weighted by Crippen LogP contribution is -2.36. The van der Waals surface area contributed by atoms with E-state index in [-0.39, 0.29) is 18.0 Å². The van der Waals surface area contributed by atoms with Crippen molar-refractivity contribution in [3.63, 3.8) is 0 Å². The van der Waals surface area contributed by atoms with Crippen molar-refractivity contribution >= 4 is 5.91 Å². The predicted octanol–water partition coefficient (Wildman–Crippen LogP) is 1.06. The molecule has 0 saturated carbocycles. The molecule has 2 aromatic heterocycles. The van der Waals surface area contributed by atoms with Gasteiger partial charge >= 0.3 is 0 Å². The van der Waals surface area contributed by atoms with Crippen LogP contribution in [0.25, 0.3) is 5.95 Å². The Bertz CT molecular complexity index is 834. The van der Waals surface area contributed by atoms with Gasteiger partial charge in [-0.25, -0.2) is 9.67 Å². The molecule has 0 saturated heterocycles. The number of carbonyl (C=O) groups is 1. The van der Waals surface area contributed by atoms with Gasteiger partial charge in [0.05, 0.1) is 11.4 Å². The van der Waals surface area contributed by atoms with Gasteiger partial charge in [0.1, 0.15) is 6.54 Å². The summed E-state index contributed by atoms with van der Waals surface area (Å²) in [6.45, 7) is 6.37. The van der Waals surface area contributed by atoms with Gasteiger partial charge in [-0.05, 0) is 45.6 Å². The predicted molar refractivity (Wildman–Crippen MR) is 90.4 cm³/mol. The molecule has 3 rings (SSSR count). The normalized spacial score (nSPS) is 13.1. The fourth-order valence-corrected chi connectivity index (χ4v) is 3.12. The van der Waals surface area contributed by atoms with Crippen LogP contribution >= 0.6 is 0 Å². The summed E-state index contributed by atoms with van der Waals surface area (Å²) in [6, 6.07) is 1.93. The van der Waals surface area contributed by atoms with Crippen LogP contribution < -0.4 is 10.9 Å². The van der Waals surface area contributed by atoms with Gasteiger partial charge in [0.2, 0.25) is 11.9 Å². The second-order valence-electron chi connectivity index (χ2n) is 6.27. The zero-order valence-electron chi connectivity index (χ0n) is 14.4. The van der Waals surface area contributed by atoms with Crippen molar-refractivity contribution in [3.8, 4) is 5.95 Å². The molecule has 1 N–H and O–H groups in total. The fourth-order valence-electron chi connectivity index (χ4n) is 3.12. The van der Waals surface area contributed by atoms with Crippen molar-refractivity contribution in [1.82, 2.24) is 24.6 Å². The Hall–Kier alpha value is -2.44. The summed E-state index contributed by atoms with van der Waals surface area (Å²) in [5.74, 6) is 0.249. The molecule has 0 fully saturated rings. The van der Waals surface area contributed by atoms with Crippen molar-refractivity contribution in [3.05, 3.63) is 39.1 Å². The number of aromatic nitrogens is 4. The van der Waals surface area contributed by atoms with E-state index in [9.17, 15) is 9.59 Å². The number of rotatable bonds is 5. The van der Waals surface area contributed by atoms with E-state index in [2.05, 4.69) is 15.4 Å². The molecule has 24 heavy (non-hydrogen) atoms. The fraction of sp³-hybridized carbons (Fsp3) is 0.529. The van der Waals surface area contributed by atoms with Gasteiger partial charge in [0.25, 0.3) is 5.56 Å².